The van der Waals surface area contributed by atoms with Crippen LogP contribution < -0.4 is 9.62 Å². The molecule has 7 nitrogen and oxygen atoms in total. The molecule has 2 atom stereocenters. The number of nitrogens with one attached hydrogen (secondary N) is 1. The quantitative estimate of drug-likeness (QED) is 0.287. The number of nitrogens with zero attached hydrogens (tertiary/aromatic N) is 2. The van der Waals surface area contributed by atoms with E-state index in [-0.39, 0.29) is 23.4 Å². The summed E-state index contributed by atoms with van der Waals surface area (Å²) in [4.78, 5) is 28.7. The topological polar surface area (TPSA) is 86.8 Å². The van der Waals surface area contributed by atoms with E-state index in [1.165, 1.54) is 4.90 Å². The maximum Gasteiger partial charge on any atom is 0.264 e. The van der Waals surface area contributed by atoms with Gasteiger partial charge in [0.25, 0.3) is 10.0 Å². The maximum absolute atomic E-state index is 14.0. The Labute approximate surface area is 246 Å². The van der Waals surface area contributed by atoms with E-state index in [2.05, 4.69) is 21.2 Å². The molecule has 3 rings (SSSR count). The Morgan fingerprint density at radius 3 is 2.08 bits per heavy atom. The van der Waals surface area contributed by atoms with Gasteiger partial charge < -0.3 is 10.2 Å². The highest BCUT2D eigenvalue weighted by Gasteiger charge is 2.33. The molecule has 1 N–H and O–H groups in total. The van der Waals surface area contributed by atoms with Crippen LogP contribution in [0.4, 0.5) is 5.69 Å². The zero-order chi connectivity index (χ0) is 29.6. The van der Waals surface area contributed by atoms with Gasteiger partial charge in [-0.15, -0.1) is 0 Å². The molecule has 0 fully saturated rings. The SMILES string of the molecule is CC[C@H](C)NC(=O)[C@H](C)N(Cc1ccc(Br)cc1)C(=O)CN(c1ccc(C)cc1C)S(=O)(=O)c1ccc(C)cc1. The first-order chi connectivity index (χ1) is 18.8. The van der Waals surface area contributed by atoms with Crippen molar-refractivity contribution in [2.75, 3.05) is 10.8 Å². The van der Waals surface area contributed by atoms with Gasteiger partial charge in [-0.3, -0.25) is 13.9 Å². The summed E-state index contributed by atoms with van der Waals surface area (Å²) in [6.45, 7) is 10.9. The number of halogens is 1. The van der Waals surface area contributed by atoms with Crippen molar-refractivity contribution < 1.29 is 18.0 Å². The van der Waals surface area contributed by atoms with Crippen molar-refractivity contribution in [3.63, 3.8) is 0 Å². The van der Waals surface area contributed by atoms with Gasteiger partial charge >= 0.3 is 0 Å². The summed E-state index contributed by atoms with van der Waals surface area (Å²) in [7, 11) is -4.10. The molecule has 0 heterocycles. The average molecular weight is 629 g/mol. The van der Waals surface area contributed by atoms with Gasteiger partial charge in [-0.05, 0) is 82.5 Å². The summed E-state index contributed by atoms with van der Waals surface area (Å²) in [6, 6.07) is 18.6. The van der Waals surface area contributed by atoms with Crippen molar-refractivity contribution in [2.45, 2.75) is 71.5 Å². The van der Waals surface area contributed by atoms with Gasteiger partial charge in [-0.2, -0.15) is 0 Å². The van der Waals surface area contributed by atoms with E-state index >= 15 is 0 Å². The van der Waals surface area contributed by atoms with Gasteiger partial charge in [-0.25, -0.2) is 8.42 Å². The monoisotopic (exact) mass is 627 g/mol. The first-order valence-electron chi connectivity index (χ1n) is 13.3. The highest BCUT2D eigenvalue weighted by atomic mass is 79.9. The van der Waals surface area contributed by atoms with Crippen LogP contribution in [0.25, 0.3) is 0 Å². The van der Waals surface area contributed by atoms with Crippen LogP contribution in [0.2, 0.25) is 0 Å². The highest BCUT2D eigenvalue weighted by Crippen LogP contribution is 2.28. The molecule has 0 spiro atoms. The fourth-order valence-corrected chi connectivity index (χ4v) is 6.01. The Balaban J connectivity index is 2.05. The number of benzene rings is 3. The Kier molecular flexibility index (Phi) is 10.6. The van der Waals surface area contributed by atoms with Crippen molar-refractivity contribution in [1.29, 1.82) is 0 Å². The van der Waals surface area contributed by atoms with Gasteiger partial charge in [0.05, 0.1) is 10.6 Å². The molecule has 0 aliphatic carbocycles. The molecule has 0 radical (unpaired) electrons. The number of sulfonamides is 1. The van der Waals surface area contributed by atoms with E-state index in [0.717, 1.165) is 37.5 Å². The summed E-state index contributed by atoms with van der Waals surface area (Å²) in [5.41, 5.74) is 3.87. The van der Waals surface area contributed by atoms with Crippen LogP contribution in [0.15, 0.2) is 76.1 Å². The fourth-order valence-electron chi connectivity index (χ4n) is 4.27. The second-order valence-corrected chi connectivity index (χ2v) is 13.0. The third-order valence-corrected chi connectivity index (χ3v) is 9.25. The van der Waals surface area contributed by atoms with Crippen LogP contribution in [0, 0.1) is 20.8 Å². The Morgan fingerprint density at radius 2 is 1.50 bits per heavy atom. The molecule has 0 saturated heterocycles. The molecule has 0 aliphatic rings. The molecule has 3 aromatic carbocycles. The van der Waals surface area contributed by atoms with Crippen LogP contribution >= 0.6 is 15.9 Å². The second kappa shape index (κ2) is 13.5. The van der Waals surface area contributed by atoms with E-state index in [0.29, 0.717) is 5.69 Å². The summed E-state index contributed by atoms with van der Waals surface area (Å²) < 4.78 is 30.0. The predicted molar refractivity (Wildman–Crippen MR) is 164 cm³/mol. The third-order valence-electron chi connectivity index (χ3n) is 6.94. The molecule has 3 aromatic rings. The van der Waals surface area contributed by atoms with Crippen molar-refractivity contribution in [3.8, 4) is 0 Å². The minimum atomic E-state index is -4.10. The largest absolute Gasteiger partial charge is 0.352 e. The lowest BCUT2D eigenvalue weighted by Gasteiger charge is -2.33. The molecular formula is C31H38BrN3O4S. The number of rotatable bonds is 11. The second-order valence-electron chi connectivity index (χ2n) is 10.3. The van der Waals surface area contributed by atoms with E-state index in [1.807, 2.05) is 71.0 Å². The van der Waals surface area contributed by atoms with E-state index in [4.69, 9.17) is 0 Å². The van der Waals surface area contributed by atoms with E-state index in [9.17, 15) is 18.0 Å². The van der Waals surface area contributed by atoms with Crippen molar-refractivity contribution in [2.24, 2.45) is 0 Å². The Bertz CT molecular complexity index is 1440. The van der Waals surface area contributed by atoms with Crippen LogP contribution in [0.1, 0.15) is 49.4 Å². The number of amides is 2. The van der Waals surface area contributed by atoms with Gasteiger partial charge in [0.1, 0.15) is 12.6 Å². The Morgan fingerprint density at radius 1 is 0.900 bits per heavy atom. The molecule has 0 saturated carbocycles. The standard InChI is InChI=1S/C31H38BrN3O4S/c1-7-24(5)33-31(37)25(6)34(19-26-11-13-27(32)14-12-26)30(36)20-35(29-17-10-22(3)18-23(29)4)40(38,39)28-15-8-21(2)9-16-28/h8-18,24-25H,7,19-20H2,1-6H3,(H,33,37)/t24-,25-/m0/s1. The molecule has 40 heavy (non-hydrogen) atoms. The number of carbonyl (C=O) groups excluding carboxylic acids is 2. The number of hydrogen-bond acceptors (Lipinski definition) is 4. The molecular weight excluding hydrogens is 590 g/mol. The first-order valence-corrected chi connectivity index (χ1v) is 15.6. The van der Waals surface area contributed by atoms with Crippen LogP contribution in [0.5, 0.6) is 0 Å². The lowest BCUT2D eigenvalue weighted by Crippen LogP contribution is -2.52. The minimum absolute atomic E-state index is 0.0618. The summed E-state index contributed by atoms with van der Waals surface area (Å²) in [5, 5.41) is 2.95. The van der Waals surface area contributed by atoms with Crippen molar-refractivity contribution >= 4 is 43.5 Å². The first kappa shape index (κ1) is 31.4. The minimum Gasteiger partial charge on any atom is -0.352 e. The summed E-state index contributed by atoms with van der Waals surface area (Å²) in [5.74, 6) is -0.773. The fraction of sp³-hybridized carbons (Fsp3) is 0.355. The number of aryl methyl sites for hydroxylation is 3. The van der Waals surface area contributed by atoms with Crippen molar-refractivity contribution in [1.82, 2.24) is 10.2 Å². The molecule has 0 bridgehead atoms. The van der Waals surface area contributed by atoms with E-state index in [1.54, 1.807) is 37.3 Å². The predicted octanol–water partition coefficient (Wildman–Crippen LogP) is 5.90. The smallest absolute Gasteiger partial charge is 0.264 e. The lowest BCUT2D eigenvalue weighted by atomic mass is 10.1. The van der Waals surface area contributed by atoms with Gasteiger partial charge in [0.15, 0.2) is 0 Å². The molecule has 9 heteroatoms. The highest BCUT2D eigenvalue weighted by molar-refractivity contribution is 9.10. The number of carbonyl (C=O) groups is 2. The molecule has 214 valence electrons. The Hall–Kier alpha value is -3.17. The molecule has 0 aliphatic heterocycles. The third kappa shape index (κ3) is 7.73. The van der Waals surface area contributed by atoms with E-state index < -0.39 is 28.5 Å². The summed E-state index contributed by atoms with van der Waals surface area (Å²) >= 11 is 3.43. The molecule has 0 unspecified atom stereocenters. The van der Waals surface area contributed by atoms with Gasteiger partial charge in [0.2, 0.25) is 11.8 Å². The van der Waals surface area contributed by atoms with Gasteiger partial charge in [-0.1, -0.05) is 70.4 Å². The van der Waals surface area contributed by atoms with Crippen LogP contribution in [0.3, 0.4) is 0 Å². The zero-order valence-corrected chi connectivity index (χ0v) is 26.3. The number of hydrogen-bond donors (Lipinski definition) is 1. The van der Waals surface area contributed by atoms with Crippen molar-refractivity contribution in [3.05, 3.63) is 93.5 Å². The average Bonchev–Trinajstić information content (AvgIpc) is 2.91. The summed E-state index contributed by atoms with van der Waals surface area (Å²) in [6.07, 6.45) is 0.744. The maximum atomic E-state index is 14.0. The normalized spacial score (nSPS) is 12.9. The zero-order valence-electron chi connectivity index (χ0n) is 23.9. The molecule has 0 aromatic heterocycles. The molecule has 2 amide bonds. The van der Waals surface area contributed by atoms with Gasteiger partial charge in [0, 0.05) is 17.1 Å². The lowest BCUT2D eigenvalue weighted by molar-refractivity contribution is -0.139. The number of anilines is 1. The van der Waals surface area contributed by atoms with Crippen LogP contribution in [-0.4, -0.2) is 43.8 Å². The van der Waals surface area contributed by atoms with Crippen LogP contribution in [-0.2, 0) is 26.2 Å².